The zero-order valence-corrected chi connectivity index (χ0v) is 11.4. The molecule has 1 atom stereocenters. The molecule has 1 aliphatic rings. The molecule has 1 saturated heterocycles. The van der Waals surface area contributed by atoms with Crippen molar-refractivity contribution in [3.8, 4) is 0 Å². The third kappa shape index (κ3) is 2.92. The summed E-state index contributed by atoms with van der Waals surface area (Å²) in [5.41, 5.74) is 8.43. The van der Waals surface area contributed by atoms with Gasteiger partial charge in [0.15, 0.2) is 0 Å². The number of nitrogens with zero attached hydrogens (tertiary/aromatic N) is 2. The molecule has 2 aromatic rings. The van der Waals surface area contributed by atoms with Crippen LogP contribution in [-0.2, 0) is 11.2 Å². The maximum atomic E-state index is 9.13. The number of anilines is 1. The van der Waals surface area contributed by atoms with Gasteiger partial charge in [-0.2, -0.15) is 0 Å². The molecule has 20 heavy (non-hydrogen) atoms. The Hall–Kier alpha value is -1.63. The van der Waals surface area contributed by atoms with Gasteiger partial charge in [-0.05, 0) is 18.2 Å². The maximum absolute atomic E-state index is 9.13. The van der Waals surface area contributed by atoms with Crippen LogP contribution in [0.25, 0.3) is 11.0 Å². The van der Waals surface area contributed by atoms with Crippen molar-refractivity contribution in [3.63, 3.8) is 0 Å². The minimum atomic E-state index is -0.0563. The van der Waals surface area contributed by atoms with Gasteiger partial charge in [-0.3, -0.25) is 4.90 Å². The van der Waals surface area contributed by atoms with Gasteiger partial charge >= 0.3 is 0 Å². The van der Waals surface area contributed by atoms with Crippen LogP contribution in [0.3, 0.4) is 0 Å². The number of hydrogen-bond acceptors (Lipinski definition) is 5. The Morgan fingerprint density at radius 3 is 3.25 bits per heavy atom. The zero-order valence-electron chi connectivity index (χ0n) is 11.4. The number of aliphatic hydroxyl groups excluding tert-OH is 1. The summed E-state index contributed by atoms with van der Waals surface area (Å²) in [6.45, 7) is 3.37. The maximum Gasteiger partial charge on any atom is 0.108 e. The molecule has 0 radical (unpaired) electrons. The average Bonchev–Trinajstić information content (AvgIpc) is 2.87. The first-order valence-electron chi connectivity index (χ1n) is 6.93. The van der Waals surface area contributed by atoms with E-state index in [-0.39, 0.29) is 12.7 Å². The molecular weight excluding hydrogens is 256 g/mol. The van der Waals surface area contributed by atoms with Gasteiger partial charge in [-0.25, -0.2) is 4.98 Å². The van der Waals surface area contributed by atoms with Crippen LogP contribution >= 0.6 is 0 Å². The fourth-order valence-corrected chi connectivity index (χ4v) is 2.56. The van der Waals surface area contributed by atoms with Crippen molar-refractivity contribution in [2.24, 2.45) is 0 Å². The van der Waals surface area contributed by atoms with E-state index < -0.39 is 0 Å². The highest BCUT2D eigenvalue weighted by molar-refractivity contribution is 5.78. The lowest BCUT2D eigenvalue weighted by atomic mass is 10.2. The lowest BCUT2D eigenvalue weighted by Gasteiger charge is -2.31. The molecular formula is C14H20N4O2. The smallest absolute Gasteiger partial charge is 0.108 e. The summed E-state index contributed by atoms with van der Waals surface area (Å²) >= 11 is 0. The number of H-pyrrole nitrogens is 1. The molecule has 1 aromatic carbocycles. The second-order valence-electron chi connectivity index (χ2n) is 5.19. The van der Waals surface area contributed by atoms with Crippen molar-refractivity contribution < 1.29 is 9.84 Å². The van der Waals surface area contributed by atoms with E-state index in [2.05, 4.69) is 14.9 Å². The van der Waals surface area contributed by atoms with Gasteiger partial charge in [-0.15, -0.1) is 0 Å². The molecule has 2 heterocycles. The third-order valence-corrected chi connectivity index (χ3v) is 3.65. The number of nitrogen functional groups attached to an aromatic ring is 1. The fourth-order valence-electron chi connectivity index (χ4n) is 2.56. The van der Waals surface area contributed by atoms with Crippen LogP contribution in [-0.4, -0.2) is 58.9 Å². The Morgan fingerprint density at radius 1 is 1.50 bits per heavy atom. The van der Waals surface area contributed by atoms with E-state index in [1.807, 2.05) is 18.2 Å². The normalized spacial score (nSPS) is 20.6. The number of morpholine rings is 1. The number of aromatic nitrogens is 2. The number of ether oxygens (including phenoxy) is 1. The van der Waals surface area contributed by atoms with Gasteiger partial charge in [0.05, 0.1) is 30.4 Å². The average molecular weight is 276 g/mol. The standard InChI is InChI=1S/C14H20N4O2/c15-10-1-2-12-13(7-10)17-14(16-12)3-4-18-5-6-20-11(8-18)9-19/h1-2,7,11,19H,3-6,8-9,15H2,(H,16,17). The predicted octanol–water partition coefficient (Wildman–Crippen LogP) is 0.381. The van der Waals surface area contributed by atoms with Crippen LogP contribution in [0.5, 0.6) is 0 Å². The Morgan fingerprint density at radius 2 is 2.40 bits per heavy atom. The van der Waals surface area contributed by atoms with Gasteiger partial charge in [0, 0.05) is 31.7 Å². The van der Waals surface area contributed by atoms with Crippen LogP contribution in [0.1, 0.15) is 5.82 Å². The molecule has 1 unspecified atom stereocenters. The number of aliphatic hydroxyl groups is 1. The molecule has 0 aliphatic carbocycles. The Kier molecular flexibility index (Phi) is 3.86. The molecule has 1 fully saturated rings. The number of hydrogen-bond donors (Lipinski definition) is 3. The summed E-state index contributed by atoms with van der Waals surface area (Å²) in [4.78, 5) is 10.2. The molecule has 0 bridgehead atoms. The van der Waals surface area contributed by atoms with E-state index in [1.165, 1.54) is 0 Å². The Balaban J connectivity index is 1.62. The van der Waals surface area contributed by atoms with E-state index in [9.17, 15) is 0 Å². The topological polar surface area (TPSA) is 87.4 Å². The first-order chi connectivity index (χ1) is 9.74. The molecule has 0 amide bonds. The van der Waals surface area contributed by atoms with Crippen LogP contribution < -0.4 is 5.73 Å². The number of fused-ring (bicyclic) bond motifs is 1. The molecule has 6 nitrogen and oxygen atoms in total. The predicted molar refractivity (Wildman–Crippen MR) is 77.5 cm³/mol. The lowest BCUT2D eigenvalue weighted by molar-refractivity contribution is -0.0524. The number of aromatic amines is 1. The van der Waals surface area contributed by atoms with E-state index in [1.54, 1.807) is 0 Å². The second kappa shape index (κ2) is 5.78. The monoisotopic (exact) mass is 276 g/mol. The number of nitrogens with two attached hydrogens (primary N) is 1. The highest BCUT2D eigenvalue weighted by atomic mass is 16.5. The minimum absolute atomic E-state index is 0.0563. The summed E-state index contributed by atoms with van der Waals surface area (Å²) in [6, 6.07) is 5.70. The Bertz CT molecular complexity index is 584. The first kappa shape index (κ1) is 13.4. The van der Waals surface area contributed by atoms with Gasteiger partial charge in [0.25, 0.3) is 0 Å². The van der Waals surface area contributed by atoms with Gasteiger partial charge in [-0.1, -0.05) is 0 Å². The summed E-state index contributed by atoms with van der Waals surface area (Å²) in [6.07, 6.45) is 0.798. The summed E-state index contributed by atoms with van der Waals surface area (Å²) in [7, 11) is 0. The van der Waals surface area contributed by atoms with E-state index in [4.69, 9.17) is 15.6 Å². The van der Waals surface area contributed by atoms with Crippen LogP contribution in [0.15, 0.2) is 18.2 Å². The SMILES string of the molecule is Nc1ccc2nc(CCN3CCOC(CO)C3)[nH]c2c1. The van der Waals surface area contributed by atoms with Crippen molar-refractivity contribution in [2.45, 2.75) is 12.5 Å². The van der Waals surface area contributed by atoms with E-state index in [0.29, 0.717) is 6.61 Å². The second-order valence-corrected chi connectivity index (χ2v) is 5.19. The number of rotatable bonds is 4. The molecule has 6 heteroatoms. The highest BCUT2D eigenvalue weighted by Gasteiger charge is 2.19. The number of benzene rings is 1. The molecule has 1 aromatic heterocycles. The summed E-state index contributed by atoms with van der Waals surface area (Å²) < 4.78 is 5.44. The first-order valence-corrected chi connectivity index (χ1v) is 6.93. The molecule has 0 spiro atoms. The zero-order chi connectivity index (χ0) is 13.9. The van der Waals surface area contributed by atoms with E-state index >= 15 is 0 Å². The number of imidazole rings is 1. The van der Waals surface area contributed by atoms with Crippen molar-refractivity contribution in [3.05, 3.63) is 24.0 Å². The van der Waals surface area contributed by atoms with Gasteiger partial charge in [0.1, 0.15) is 5.82 Å². The van der Waals surface area contributed by atoms with Gasteiger partial charge < -0.3 is 20.6 Å². The molecule has 0 saturated carbocycles. The lowest BCUT2D eigenvalue weighted by Crippen LogP contribution is -2.44. The van der Waals surface area contributed by atoms with Crippen LogP contribution in [0, 0.1) is 0 Å². The molecule has 108 valence electrons. The third-order valence-electron chi connectivity index (χ3n) is 3.65. The van der Waals surface area contributed by atoms with Crippen molar-refractivity contribution in [2.75, 3.05) is 38.6 Å². The molecule has 3 rings (SSSR count). The van der Waals surface area contributed by atoms with Crippen molar-refractivity contribution in [1.29, 1.82) is 0 Å². The molecule has 4 N–H and O–H groups in total. The van der Waals surface area contributed by atoms with E-state index in [0.717, 1.165) is 48.6 Å². The van der Waals surface area contributed by atoms with Gasteiger partial charge in [0.2, 0.25) is 0 Å². The van der Waals surface area contributed by atoms with Crippen molar-refractivity contribution in [1.82, 2.24) is 14.9 Å². The quantitative estimate of drug-likeness (QED) is 0.703. The van der Waals surface area contributed by atoms with Crippen LogP contribution in [0.4, 0.5) is 5.69 Å². The summed E-state index contributed by atoms with van der Waals surface area (Å²) in [5.74, 6) is 0.970. The number of nitrogens with one attached hydrogen (secondary N) is 1. The largest absolute Gasteiger partial charge is 0.399 e. The Labute approximate surface area is 117 Å². The summed E-state index contributed by atoms with van der Waals surface area (Å²) in [5, 5.41) is 9.13. The van der Waals surface area contributed by atoms with Crippen molar-refractivity contribution >= 4 is 16.7 Å². The van der Waals surface area contributed by atoms with Crippen LogP contribution in [0.2, 0.25) is 0 Å². The minimum Gasteiger partial charge on any atom is -0.399 e. The fraction of sp³-hybridized carbons (Fsp3) is 0.500. The molecule has 1 aliphatic heterocycles. The highest BCUT2D eigenvalue weighted by Crippen LogP contribution is 2.15.